The van der Waals surface area contributed by atoms with Gasteiger partial charge in [0.2, 0.25) is 11.7 Å². The fourth-order valence-electron chi connectivity index (χ4n) is 3.28. The Hall–Kier alpha value is -3.39. The van der Waals surface area contributed by atoms with Crippen molar-refractivity contribution in [2.75, 3.05) is 5.32 Å². The van der Waals surface area contributed by atoms with E-state index >= 15 is 0 Å². The van der Waals surface area contributed by atoms with Crippen molar-refractivity contribution < 1.29 is 22.8 Å². The fourth-order valence-corrected chi connectivity index (χ4v) is 3.96. The van der Waals surface area contributed by atoms with Crippen molar-refractivity contribution in [2.24, 2.45) is 0 Å². The molecule has 0 saturated heterocycles. The zero-order valence-corrected chi connectivity index (χ0v) is 16.3. The molecule has 4 nitrogen and oxygen atoms in total. The van der Waals surface area contributed by atoms with Crippen LogP contribution in [0.5, 0.6) is 0 Å². The first-order chi connectivity index (χ1) is 14.3. The van der Waals surface area contributed by atoms with Gasteiger partial charge in [-0.25, -0.2) is 0 Å². The first kappa shape index (κ1) is 19.9. The summed E-state index contributed by atoms with van der Waals surface area (Å²) in [6.45, 7) is -0.232. The normalized spacial score (nSPS) is 11.6. The number of thiophene rings is 1. The Morgan fingerprint density at radius 2 is 1.70 bits per heavy atom. The number of nitrogens with one attached hydrogen (secondary N) is 1. The zero-order chi connectivity index (χ0) is 21.3. The summed E-state index contributed by atoms with van der Waals surface area (Å²) in [6, 6.07) is 15.4. The summed E-state index contributed by atoms with van der Waals surface area (Å²) in [4.78, 5) is 25.9. The van der Waals surface area contributed by atoms with Crippen molar-refractivity contribution in [3.63, 3.8) is 0 Å². The number of carbonyl (C=O) groups is 2. The van der Waals surface area contributed by atoms with Crippen LogP contribution in [0, 0.1) is 0 Å². The summed E-state index contributed by atoms with van der Waals surface area (Å²) in [7, 11) is 0. The second-order valence-electron chi connectivity index (χ2n) is 6.59. The number of anilines is 1. The van der Waals surface area contributed by atoms with Crippen LogP contribution in [0.15, 0.2) is 72.2 Å². The summed E-state index contributed by atoms with van der Waals surface area (Å²) in [5.74, 6) is -0.787. The minimum Gasteiger partial charge on any atom is -0.337 e. The Labute approximate surface area is 173 Å². The second kappa shape index (κ2) is 7.79. The molecular weight excluding hydrogens is 413 g/mol. The first-order valence-corrected chi connectivity index (χ1v) is 9.84. The summed E-state index contributed by atoms with van der Waals surface area (Å²) >= 11 is 1.32. The number of alkyl halides is 3. The lowest BCUT2D eigenvalue weighted by Gasteiger charge is -2.14. The van der Waals surface area contributed by atoms with Crippen LogP contribution in [-0.4, -0.2) is 16.3 Å². The Bertz CT molecular complexity index is 1230. The molecule has 30 heavy (non-hydrogen) atoms. The first-order valence-electron chi connectivity index (χ1n) is 8.97. The molecule has 0 aliphatic heterocycles. The number of amides is 1. The lowest BCUT2D eigenvalue weighted by molar-refractivity contribution is -0.137. The van der Waals surface area contributed by atoms with Gasteiger partial charge in [0.15, 0.2) is 0 Å². The maximum absolute atomic E-state index is 13.2. The second-order valence-corrected chi connectivity index (χ2v) is 7.53. The third-order valence-electron chi connectivity index (χ3n) is 4.60. The quantitative estimate of drug-likeness (QED) is 0.421. The average Bonchev–Trinajstić information content (AvgIpc) is 3.36. The van der Waals surface area contributed by atoms with Crippen LogP contribution in [-0.2, 0) is 17.5 Å². The molecule has 1 amide bonds. The molecule has 0 aliphatic carbocycles. The summed E-state index contributed by atoms with van der Waals surface area (Å²) < 4.78 is 41.1. The lowest BCUT2D eigenvalue weighted by atomic mass is 10.1. The molecule has 0 saturated carbocycles. The molecule has 4 aromatic rings. The summed E-state index contributed by atoms with van der Waals surface area (Å²) in [6.07, 6.45) is -3.01. The predicted octanol–water partition coefficient (Wildman–Crippen LogP) is 5.59. The van der Waals surface area contributed by atoms with Crippen molar-refractivity contribution in [3.05, 3.63) is 88.2 Å². The van der Waals surface area contributed by atoms with E-state index in [4.69, 9.17) is 0 Å². The van der Waals surface area contributed by atoms with Crippen molar-refractivity contribution in [2.45, 2.75) is 12.7 Å². The van der Waals surface area contributed by atoms with Crippen LogP contribution in [0.1, 0.15) is 20.8 Å². The smallest absolute Gasteiger partial charge is 0.337 e. The van der Waals surface area contributed by atoms with Gasteiger partial charge in [-0.3, -0.25) is 9.59 Å². The van der Waals surface area contributed by atoms with Gasteiger partial charge in [0.05, 0.1) is 16.1 Å². The number of halogens is 3. The van der Waals surface area contributed by atoms with Gasteiger partial charge in [-0.2, -0.15) is 13.2 Å². The van der Waals surface area contributed by atoms with E-state index in [9.17, 15) is 22.8 Å². The van der Waals surface area contributed by atoms with Gasteiger partial charge in [-0.05, 0) is 29.6 Å². The van der Waals surface area contributed by atoms with Crippen molar-refractivity contribution >= 4 is 39.6 Å². The van der Waals surface area contributed by atoms with E-state index in [0.717, 1.165) is 6.07 Å². The highest BCUT2D eigenvalue weighted by Gasteiger charge is 2.33. The van der Waals surface area contributed by atoms with Gasteiger partial charge < -0.3 is 9.88 Å². The number of fused-ring (bicyclic) bond motifs is 1. The predicted molar refractivity (Wildman–Crippen MR) is 110 cm³/mol. The number of hydrogen-bond donors (Lipinski definition) is 1. The Morgan fingerprint density at radius 3 is 2.43 bits per heavy atom. The molecule has 0 aliphatic rings. The molecular formula is C22H15F3N2O2S. The largest absolute Gasteiger partial charge is 0.418 e. The van der Waals surface area contributed by atoms with E-state index in [2.05, 4.69) is 5.32 Å². The topological polar surface area (TPSA) is 51.1 Å². The minimum absolute atomic E-state index is 0.164. The number of rotatable bonds is 5. The van der Waals surface area contributed by atoms with Gasteiger partial charge in [0.1, 0.15) is 6.54 Å². The van der Waals surface area contributed by atoms with Crippen LogP contribution >= 0.6 is 11.3 Å². The van der Waals surface area contributed by atoms with E-state index < -0.39 is 17.6 Å². The molecule has 0 bridgehead atoms. The molecule has 4 rings (SSSR count). The SMILES string of the molecule is O=C(Cn1cc(C(=O)c2cccs2)c2ccccc21)Nc1ccccc1C(F)(F)F. The number of benzene rings is 2. The van der Waals surface area contributed by atoms with Crippen LogP contribution in [0.3, 0.4) is 0 Å². The zero-order valence-electron chi connectivity index (χ0n) is 15.4. The van der Waals surface area contributed by atoms with E-state index in [-0.39, 0.29) is 18.0 Å². The molecule has 2 aromatic heterocycles. The molecule has 0 atom stereocenters. The fraction of sp³-hybridized carbons (Fsp3) is 0.0909. The standard InChI is InChI=1S/C22H15F3N2O2S/c23-22(24,25)16-7-2-3-8-17(16)26-20(28)13-27-12-15(14-6-1-4-9-18(14)27)21(29)19-10-5-11-30-19/h1-12H,13H2,(H,26,28). The van der Waals surface area contributed by atoms with Crippen LogP contribution in [0.2, 0.25) is 0 Å². The van der Waals surface area contributed by atoms with Crippen LogP contribution in [0.4, 0.5) is 18.9 Å². The number of para-hydroxylation sites is 2. The van der Waals surface area contributed by atoms with Gasteiger partial charge in [0, 0.05) is 22.7 Å². The molecule has 0 spiro atoms. The molecule has 1 N–H and O–H groups in total. The monoisotopic (exact) mass is 428 g/mol. The molecule has 152 valence electrons. The van der Waals surface area contributed by atoms with Crippen molar-refractivity contribution in [1.82, 2.24) is 4.57 Å². The van der Waals surface area contributed by atoms with Gasteiger partial charge in [-0.1, -0.05) is 36.4 Å². The van der Waals surface area contributed by atoms with E-state index in [1.54, 1.807) is 52.5 Å². The Morgan fingerprint density at radius 1 is 0.967 bits per heavy atom. The average molecular weight is 428 g/mol. The summed E-state index contributed by atoms with van der Waals surface area (Å²) in [5, 5.41) is 4.82. The highest BCUT2D eigenvalue weighted by molar-refractivity contribution is 7.12. The number of nitrogens with zero attached hydrogens (tertiary/aromatic N) is 1. The summed E-state index contributed by atoms with van der Waals surface area (Å²) in [5.41, 5.74) is -0.126. The molecule has 2 heterocycles. The third-order valence-corrected chi connectivity index (χ3v) is 5.47. The highest BCUT2D eigenvalue weighted by Crippen LogP contribution is 2.34. The number of hydrogen-bond acceptors (Lipinski definition) is 3. The van der Waals surface area contributed by atoms with Crippen LogP contribution in [0.25, 0.3) is 10.9 Å². The number of ketones is 1. The molecule has 2 aromatic carbocycles. The Kier molecular flexibility index (Phi) is 5.17. The maximum Gasteiger partial charge on any atom is 0.418 e. The van der Waals surface area contributed by atoms with E-state index in [1.807, 2.05) is 0 Å². The van der Waals surface area contributed by atoms with Gasteiger partial charge in [-0.15, -0.1) is 11.3 Å². The highest BCUT2D eigenvalue weighted by atomic mass is 32.1. The molecule has 8 heteroatoms. The molecule has 0 fully saturated rings. The Balaban J connectivity index is 1.64. The maximum atomic E-state index is 13.2. The minimum atomic E-state index is -4.58. The molecule has 0 unspecified atom stereocenters. The molecule has 0 radical (unpaired) electrons. The van der Waals surface area contributed by atoms with E-state index in [1.165, 1.54) is 29.5 Å². The van der Waals surface area contributed by atoms with Gasteiger partial charge >= 0.3 is 6.18 Å². The van der Waals surface area contributed by atoms with Crippen molar-refractivity contribution in [1.29, 1.82) is 0 Å². The number of carbonyl (C=O) groups excluding carboxylic acids is 2. The third kappa shape index (κ3) is 3.86. The van der Waals surface area contributed by atoms with Crippen LogP contribution < -0.4 is 5.32 Å². The van der Waals surface area contributed by atoms with Gasteiger partial charge in [0.25, 0.3) is 0 Å². The van der Waals surface area contributed by atoms with Crippen molar-refractivity contribution in [3.8, 4) is 0 Å². The van der Waals surface area contributed by atoms with E-state index in [0.29, 0.717) is 21.3 Å². The lowest BCUT2D eigenvalue weighted by Crippen LogP contribution is -2.20. The number of aromatic nitrogens is 1.